The maximum Gasteiger partial charge on any atom is 0.342 e. The molecule has 0 aliphatic heterocycles. The molecule has 5 nitrogen and oxygen atoms in total. The molecule has 1 rings (SSSR count). The molecule has 0 aromatic heterocycles. The Bertz CT molecular complexity index is 479. The summed E-state index contributed by atoms with van der Waals surface area (Å²) < 4.78 is 0. The second-order valence-electron chi connectivity index (χ2n) is 5.09. The molecule has 0 saturated heterocycles. The zero-order chi connectivity index (χ0) is 13.9. The van der Waals surface area contributed by atoms with Gasteiger partial charge in [0.1, 0.15) is 5.56 Å². The molecule has 1 N–H and O–H groups in total. The van der Waals surface area contributed by atoms with Gasteiger partial charge in [-0.15, -0.1) is 11.8 Å². The van der Waals surface area contributed by atoms with E-state index < -0.39 is 10.9 Å². The Balaban J connectivity index is 3.01. The van der Waals surface area contributed by atoms with Crippen LogP contribution < -0.4 is 0 Å². The minimum atomic E-state index is -1.28. The van der Waals surface area contributed by atoms with Crippen LogP contribution in [0.1, 0.15) is 31.1 Å². The molecule has 0 bridgehead atoms. The molecule has 6 heteroatoms. The standard InChI is InChI=1S/C12H15NO4S/c1-12(2,3)7-18-8-4-5-10(13(16)17)9(6-8)11(14)15/h4-6H,7H2,1-3H3,(H,14,15). The fourth-order valence-electron chi connectivity index (χ4n) is 1.24. The van der Waals surface area contributed by atoms with Crippen molar-refractivity contribution in [1.29, 1.82) is 0 Å². The molecule has 0 spiro atoms. The molecule has 98 valence electrons. The largest absolute Gasteiger partial charge is 0.477 e. The molecule has 0 amide bonds. The third kappa shape index (κ3) is 4.03. The number of thioether (sulfide) groups is 1. The molecule has 0 heterocycles. The van der Waals surface area contributed by atoms with Crippen LogP contribution >= 0.6 is 11.8 Å². The van der Waals surface area contributed by atoms with E-state index in [-0.39, 0.29) is 16.7 Å². The lowest BCUT2D eigenvalue weighted by Crippen LogP contribution is -2.08. The summed E-state index contributed by atoms with van der Waals surface area (Å²) in [6.45, 7) is 6.22. The zero-order valence-corrected chi connectivity index (χ0v) is 11.3. The zero-order valence-electron chi connectivity index (χ0n) is 10.5. The number of nitrogens with zero attached hydrogens (tertiary/aromatic N) is 1. The Morgan fingerprint density at radius 3 is 2.50 bits per heavy atom. The molecule has 0 aliphatic rings. The van der Waals surface area contributed by atoms with Crippen LogP contribution in [0.15, 0.2) is 23.1 Å². The van der Waals surface area contributed by atoms with Gasteiger partial charge in [-0.1, -0.05) is 20.8 Å². The lowest BCUT2D eigenvalue weighted by molar-refractivity contribution is -0.385. The second-order valence-corrected chi connectivity index (χ2v) is 6.14. The number of rotatable bonds is 4. The second kappa shape index (κ2) is 5.39. The maximum absolute atomic E-state index is 11.0. The monoisotopic (exact) mass is 269 g/mol. The molecule has 0 unspecified atom stereocenters. The van der Waals surface area contributed by atoms with E-state index in [0.717, 1.165) is 10.6 Å². The van der Waals surface area contributed by atoms with Crippen molar-refractivity contribution in [2.45, 2.75) is 25.7 Å². The highest BCUT2D eigenvalue weighted by atomic mass is 32.2. The number of nitro groups is 1. The van der Waals surface area contributed by atoms with Gasteiger partial charge in [0.05, 0.1) is 4.92 Å². The molecule has 0 radical (unpaired) electrons. The summed E-state index contributed by atoms with van der Waals surface area (Å²) in [7, 11) is 0. The van der Waals surface area contributed by atoms with Gasteiger partial charge in [-0.3, -0.25) is 10.1 Å². The summed E-state index contributed by atoms with van der Waals surface area (Å²) >= 11 is 1.49. The Morgan fingerprint density at radius 2 is 2.06 bits per heavy atom. The fourth-order valence-corrected chi connectivity index (χ4v) is 2.20. The molecule has 1 aromatic rings. The summed E-state index contributed by atoms with van der Waals surface area (Å²) in [6.07, 6.45) is 0. The van der Waals surface area contributed by atoms with Crippen molar-refractivity contribution in [2.24, 2.45) is 5.41 Å². The van der Waals surface area contributed by atoms with Crippen LogP contribution in [-0.4, -0.2) is 21.8 Å². The number of aromatic carboxylic acids is 1. The number of hydrogen-bond donors (Lipinski definition) is 1. The van der Waals surface area contributed by atoms with Crippen molar-refractivity contribution >= 4 is 23.4 Å². The summed E-state index contributed by atoms with van der Waals surface area (Å²) in [5.41, 5.74) is -0.531. The first-order valence-corrected chi connectivity index (χ1v) is 6.34. The van der Waals surface area contributed by atoms with Gasteiger partial charge in [0.2, 0.25) is 0 Å². The summed E-state index contributed by atoms with van der Waals surface area (Å²) in [4.78, 5) is 21.7. The first-order valence-electron chi connectivity index (χ1n) is 5.35. The van der Waals surface area contributed by atoms with Gasteiger partial charge in [0, 0.05) is 16.7 Å². The lowest BCUT2D eigenvalue weighted by atomic mass is 10.0. The van der Waals surface area contributed by atoms with Gasteiger partial charge < -0.3 is 5.11 Å². The van der Waals surface area contributed by atoms with E-state index in [9.17, 15) is 14.9 Å². The predicted octanol–water partition coefficient (Wildman–Crippen LogP) is 3.43. The molecule has 0 fully saturated rings. The van der Waals surface area contributed by atoms with Crippen LogP contribution in [0, 0.1) is 15.5 Å². The van der Waals surface area contributed by atoms with Gasteiger partial charge in [-0.2, -0.15) is 0 Å². The van der Waals surface area contributed by atoms with E-state index in [1.165, 1.54) is 23.9 Å². The Morgan fingerprint density at radius 1 is 1.44 bits per heavy atom. The smallest absolute Gasteiger partial charge is 0.342 e. The predicted molar refractivity (Wildman–Crippen MR) is 70.2 cm³/mol. The summed E-state index contributed by atoms with van der Waals surface area (Å²) in [6, 6.07) is 4.19. The van der Waals surface area contributed by atoms with Crippen molar-refractivity contribution in [3.8, 4) is 0 Å². The van der Waals surface area contributed by atoms with Crippen molar-refractivity contribution < 1.29 is 14.8 Å². The quantitative estimate of drug-likeness (QED) is 0.514. The van der Waals surface area contributed by atoms with E-state index in [0.29, 0.717) is 0 Å². The van der Waals surface area contributed by atoms with Gasteiger partial charge in [0.15, 0.2) is 0 Å². The Labute approximate surface area is 109 Å². The van der Waals surface area contributed by atoms with Gasteiger partial charge in [-0.25, -0.2) is 4.79 Å². The number of carboxylic acid groups (broad SMARTS) is 1. The molecular formula is C12H15NO4S. The molecule has 0 atom stereocenters. The first kappa shape index (κ1) is 14.5. The van der Waals surface area contributed by atoms with Crippen LogP contribution in [0.2, 0.25) is 0 Å². The normalized spacial score (nSPS) is 11.3. The third-order valence-electron chi connectivity index (χ3n) is 2.07. The Hall–Kier alpha value is -1.56. The van der Waals surface area contributed by atoms with Crippen molar-refractivity contribution in [3.63, 3.8) is 0 Å². The van der Waals surface area contributed by atoms with Crippen LogP contribution in [-0.2, 0) is 0 Å². The van der Waals surface area contributed by atoms with Crippen LogP contribution in [0.25, 0.3) is 0 Å². The van der Waals surface area contributed by atoms with Crippen LogP contribution in [0.4, 0.5) is 5.69 Å². The van der Waals surface area contributed by atoms with Crippen molar-refractivity contribution in [2.75, 3.05) is 5.75 Å². The van der Waals surface area contributed by atoms with Crippen LogP contribution in [0.3, 0.4) is 0 Å². The average molecular weight is 269 g/mol. The minimum Gasteiger partial charge on any atom is -0.477 e. The van der Waals surface area contributed by atoms with Gasteiger partial charge >= 0.3 is 5.97 Å². The highest BCUT2D eigenvalue weighted by molar-refractivity contribution is 7.99. The number of hydrogen-bond acceptors (Lipinski definition) is 4. The molecule has 0 saturated carbocycles. The molecule has 0 aliphatic carbocycles. The van der Waals surface area contributed by atoms with E-state index in [2.05, 4.69) is 20.8 Å². The SMILES string of the molecule is CC(C)(C)CSc1ccc([N+](=O)[O-])c(C(=O)O)c1. The minimum absolute atomic E-state index is 0.107. The highest BCUT2D eigenvalue weighted by Gasteiger charge is 2.20. The van der Waals surface area contributed by atoms with Gasteiger partial charge in [0.25, 0.3) is 5.69 Å². The van der Waals surface area contributed by atoms with E-state index >= 15 is 0 Å². The third-order valence-corrected chi connectivity index (χ3v) is 3.66. The number of carbonyl (C=O) groups is 1. The number of nitro benzene ring substituents is 1. The molecule has 18 heavy (non-hydrogen) atoms. The summed E-state index contributed by atoms with van der Waals surface area (Å²) in [5.74, 6) is -0.468. The summed E-state index contributed by atoms with van der Waals surface area (Å²) in [5, 5.41) is 19.6. The topological polar surface area (TPSA) is 80.4 Å². The van der Waals surface area contributed by atoms with Gasteiger partial charge in [-0.05, 0) is 17.5 Å². The first-order chi connectivity index (χ1) is 8.20. The maximum atomic E-state index is 11.0. The molecular weight excluding hydrogens is 254 g/mol. The number of benzene rings is 1. The van der Waals surface area contributed by atoms with E-state index in [4.69, 9.17) is 5.11 Å². The highest BCUT2D eigenvalue weighted by Crippen LogP contribution is 2.30. The molecule has 1 aromatic carbocycles. The van der Waals surface area contributed by atoms with Crippen LogP contribution in [0.5, 0.6) is 0 Å². The number of carboxylic acids is 1. The van der Waals surface area contributed by atoms with E-state index in [1.807, 2.05) is 0 Å². The van der Waals surface area contributed by atoms with E-state index in [1.54, 1.807) is 6.07 Å². The Kier molecular flexibility index (Phi) is 4.34. The lowest BCUT2D eigenvalue weighted by Gasteiger charge is -2.17. The average Bonchev–Trinajstić information content (AvgIpc) is 2.24. The van der Waals surface area contributed by atoms with Crippen molar-refractivity contribution in [1.82, 2.24) is 0 Å². The fraction of sp³-hybridized carbons (Fsp3) is 0.417. The van der Waals surface area contributed by atoms with Crippen molar-refractivity contribution in [3.05, 3.63) is 33.9 Å².